The van der Waals surface area contributed by atoms with Gasteiger partial charge in [-0.15, -0.1) is 0 Å². The van der Waals surface area contributed by atoms with Crippen LogP contribution >= 0.6 is 27.5 Å². The largest absolute Gasteiger partial charge is 0.490 e. The number of rotatable bonds is 8. The Bertz CT molecular complexity index is 697. The Hall–Kier alpha value is -1.30. The fraction of sp³-hybridized carbons (Fsp3) is 0.333. The molecule has 24 heavy (non-hydrogen) atoms. The number of ether oxygens (including phenoxy) is 2. The third kappa shape index (κ3) is 5.10. The van der Waals surface area contributed by atoms with Gasteiger partial charge in [-0.3, -0.25) is 0 Å². The molecule has 0 atom stereocenters. The first-order chi connectivity index (χ1) is 11.5. The molecule has 0 saturated heterocycles. The van der Waals surface area contributed by atoms with Crippen molar-refractivity contribution in [1.29, 1.82) is 0 Å². The van der Waals surface area contributed by atoms with Crippen LogP contribution in [-0.4, -0.2) is 13.2 Å². The molecule has 0 saturated carbocycles. The molecule has 0 aromatic heterocycles. The number of hydrogen-bond acceptors (Lipinski definition) is 3. The third-order valence-corrected chi connectivity index (χ3v) is 4.47. The summed E-state index contributed by atoms with van der Waals surface area (Å²) in [5.41, 5.74) is 1.81. The van der Waals surface area contributed by atoms with Crippen molar-refractivity contribution in [2.24, 2.45) is 0 Å². The molecule has 0 radical (unpaired) electrons. The number of nitrogens with one attached hydrogen (secondary N) is 1. The van der Waals surface area contributed by atoms with Crippen molar-refractivity contribution in [3.8, 4) is 11.5 Å². The smallest absolute Gasteiger partial charge is 0.162 e. The van der Waals surface area contributed by atoms with Gasteiger partial charge in [-0.1, -0.05) is 40.5 Å². The molecule has 6 heteroatoms. The molecule has 130 valence electrons. The van der Waals surface area contributed by atoms with Gasteiger partial charge in [0.1, 0.15) is 12.4 Å². The van der Waals surface area contributed by atoms with Gasteiger partial charge in [-0.25, -0.2) is 4.39 Å². The molecule has 2 aromatic rings. The average molecular weight is 417 g/mol. The van der Waals surface area contributed by atoms with E-state index in [-0.39, 0.29) is 12.4 Å². The maximum Gasteiger partial charge on any atom is 0.162 e. The molecular formula is C18H20BrClFNO2. The molecule has 2 rings (SSSR count). The van der Waals surface area contributed by atoms with Gasteiger partial charge >= 0.3 is 0 Å². The Morgan fingerprint density at radius 1 is 1.08 bits per heavy atom. The monoisotopic (exact) mass is 415 g/mol. The second kappa shape index (κ2) is 9.25. The summed E-state index contributed by atoms with van der Waals surface area (Å²) in [5.74, 6) is 0.922. The Labute approximate surface area is 155 Å². The molecule has 0 unspecified atom stereocenters. The average Bonchev–Trinajstić information content (AvgIpc) is 2.55. The topological polar surface area (TPSA) is 30.5 Å². The van der Waals surface area contributed by atoms with Crippen molar-refractivity contribution in [3.63, 3.8) is 0 Å². The highest BCUT2D eigenvalue weighted by Crippen LogP contribution is 2.34. The van der Waals surface area contributed by atoms with Gasteiger partial charge in [-0.05, 0) is 43.3 Å². The van der Waals surface area contributed by atoms with Crippen LogP contribution in [0.4, 0.5) is 4.39 Å². The van der Waals surface area contributed by atoms with E-state index >= 15 is 0 Å². The van der Waals surface area contributed by atoms with Crippen LogP contribution in [0, 0.1) is 5.82 Å². The lowest BCUT2D eigenvalue weighted by Gasteiger charge is -2.15. The second-order valence-electron chi connectivity index (χ2n) is 5.13. The first-order valence-corrected chi connectivity index (χ1v) is 8.94. The lowest BCUT2D eigenvalue weighted by atomic mass is 10.2. The summed E-state index contributed by atoms with van der Waals surface area (Å²) in [7, 11) is 0. The van der Waals surface area contributed by atoms with Crippen molar-refractivity contribution < 1.29 is 13.9 Å². The van der Waals surface area contributed by atoms with Crippen LogP contribution in [0.3, 0.4) is 0 Å². The van der Waals surface area contributed by atoms with Crippen LogP contribution in [0.1, 0.15) is 25.0 Å². The predicted molar refractivity (Wildman–Crippen MR) is 98.4 cm³/mol. The van der Waals surface area contributed by atoms with Gasteiger partial charge in [0.05, 0.1) is 11.6 Å². The Morgan fingerprint density at radius 2 is 1.83 bits per heavy atom. The van der Waals surface area contributed by atoms with E-state index in [0.29, 0.717) is 28.7 Å². The van der Waals surface area contributed by atoms with Crippen molar-refractivity contribution in [2.45, 2.75) is 27.0 Å². The molecule has 0 heterocycles. The minimum absolute atomic E-state index is 0.234. The summed E-state index contributed by atoms with van der Waals surface area (Å²) in [6.07, 6.45) is 0. The van der Waals surface area contributed by atoms with Crippen molar-refractivity contribution in [3.05, 3.63) is 56.8 Å². The van der Waals surface area contributed by atoms with Crippen molar-refractivity contribution >= 4 is 27.5 Å². The van der Waals surface area contributed by atoms with Gasteiger partial charge in [0.15, 0.2) is 11.5 Å². The van der Waals surface area contributed by atoms with Crippen molar-refractivity contribution in [2.75, 3.05) is 13.2 Å². The molecule has 0 aliphatic heterocycles. The lowest BCUT2D eigenvalue weighted by Crippen LogP contribution is -2.12. The van der Waals surface area contributed by atoms with E-state index in [0.717, 1.165) is 23.1 Å². The van der Waals surface area contributed by atoms with Gasteiger partial charge < -0.3 is 14.8 Å². The predicted octanol–water partition coefficient (Wildman–Crippen LogP) is 5.33. The van der Waals surface area contributed by atoms with E-state index in [9.17, 15) is 4.39 Å². The first kappa shape index (κ1) is 19.0. The number of benzene rings is 2. The normalized spacial score (nSPS) is 10.7. The zero-order chi connectivity index (χ0) is 17.5. The Kier molecular flexibility index (Phi) is 7.34. The van der Waals surface area contributed by atoms with E-state index < -0.39 is 0 Å². The summed E-state index contributed by atoms with van der Waals surface area (Å²) in [6, 6.07) is 8.10. The summed E-state index contributed by atoms with van der Waals surface area (Å²) >= 11 is 9.60. The van der Waals surface area contributed by atoms with Crippen molar-refractivity contribution in [1.82, 2.24) is 5.32 Å². The summed E-state index contributed by atoms with van der Waals surface area (Å²) < 4.78 is 25.6. The van der Waals surface area contributed by atoms with Gasteiger partial charge in [0, 0.05) is 16.6 Å². The molecule has 0 spiro atoms. The van der Waals surface area contributed by atoms with E-state index in [2.05, 4.69) is 28.2 Å². The zero-order valence-electron chi connectivity index (χ0n) is 13.7. The van der Waals surface area contributed by atoms with Gasteiger partial charge in [-0.2, -0.15) is 0 Å². The van der Waals surface area contributed by atoms with Crippen LogP contribution in [0.25, 0.3) is 0 Å². The maximum absolute atomic E-state index is 13.1. The highest BCUT2D eigenvalue weighted by Gasteiger charge is 2.12. The highest BCUT2D eigenvalue weighted by molar-refractivity contribution is 9.10. The first-order valence-electron chi connectivity index (χ1n) is 7.77. The van der Waals surface area contributed by atoms with Gasteiger partial charge in [0.2, 0.25) is 0 Å². The van der Waals surface area contributed by atoms with Crippen LogP contribution < -0.4 is 14.8 Å². The molecule has 0 amide bonds. The second-order valence-corrected chi connectivity index (χ2v) is 6.39. The van der Waals surface area contributed by atoms with Crippen LogP contribution in [0.2, 0.25) is 5.02 Å². The summed E-state index contributed by atoms with van der Waals surface area (Å²) in [6.45, 7) is 6.38. The molecule has 0 bridgehead atoms. The van der Waals surface area contributed by atoms with E-state index in [1.165, 1.54) is 12.1 Å². The van der Waals surface area contributed by atoms with Crippen LogP contribution in [-0.2, 0) is 13.2 Å². The fourth-order valence-corrected chi connectivity index (χ4v) is 2.83. The fourth-order valence-electron chi connectivity index (χ4n) is 2.15. The summed E-state index contributed by atoms with van der Waals surface area (Å²) in [5, 5.41) is 3.63. The number of hydrogen-bond donors (Lipinski definition) is 1. The standard InChI is InChI=1S/C18H20BrClFNO2/c1-3-22-10-13-7-17(23-4-2)18(9-15(13)19)24-11-12-5-6-14(21)8-16(12)20/h5-9,22H,3-4,10-11H2,1-2H3. The van der Waals surface area contributed by atoms with E-state index in [4.69, 9.17) is 21.1 Å². The van der Waals surface area contributed by atoms with E-state index in [1.54, 1.807) is 6.07 Å². The highest BCUT2D eigenvalue weighted by atomic mass is 79.9. The van der Waals surface area contributed by atoms with Crippen LogP contribution in [0.5, 0.6) is 11.5 Å². The molecule has 0 aliphatic rings. The zero-order valence-corrected chi connectivity index (χ0v) is 16.0. The molecule has 0 aliphatic carbocycles. The minimum atomic E-state index is -0.366. The molecule has 1 N–H and O–H groups in total. The lowest BCUT2D eigenvalue weighted by molar-refractivity contribution is 0.269. The molecule has 2 aromatic carbocycles. The minimum Gasteiger partial charge on any atom is -0.490 e. The molecule has 3 nitrogen and oxygen atoms in total. The Balaban J connectivity index is 2.20. The SMILES string of the molecule is CCNCc1cc(OCC)c(OCc2ccc(F)cc2Cl)cc1Br. The quantitative estimate of drug-likeness (QED) is 0.631. The molecular weight excluding hydrogens is 397 g/mol. The Morgan fingerprint density at radius 3 is 2.50 bits per heavy atom. The third-order valence-electron chi connectivity index (χ3n) is 3.38. The van der Waals surface area contributed by atoms with Crippen LogP contribution in [0.15, 0.2) is 34.8 Å². The van der Waals surface area contributed by atoms with Gasteiger partial charge in [0.25, 0.3) is 0 Å². The summed E-state index contributed by atoms with van der Waals surface area (Å²) in [4.78, 5) is 0. The maximum atomic E-state index is 13.1. The van der Waals surface area contributed by atoms with E-state index in [1.807, 2.05) is 19.1 Å². The molecule has 0 fully saturated rings. The number of halogens is 3.